The molecule has 6 nitrogen and oxygen atoms in total. The summed E-state index contributed by atoms with van der Waals surface area (Å²) in [5.74, 6) is 1.12. The normalized spacial score (nSPS) is 10.3. The first-order valence-electron chi connectivity index (χ1n) is 8.63. The summed E-state index contributed by atoms with van der Waals surface area (Å²) in [4.78, 5) is 8.75. The molecule has 3 rings (SSSR count). The molecule has 0 aliphatic heterocycles. The molecule has 136 valence electrons. The lowest BCUT2D eigenvalue weighted by molar-refractivity contribution is 1.16. The van der Waals surface area contributed by atoms with Crippen molar-refractivity contribution in [3.05, 3.63) is 77.0 Å². The van der Waals surface area contributed by atoms with Crippen LogP contribution >= 0.6 is 0 Å². The molecule has 3 aromatic rings. The molecular formula is C22H18N6. The molecule has 0 unspecified atom stereocenters. The van der Waals surface area contributed by atoms with E-state index < -0.39 is 0 Å². The minimum Gasteiger partial charge on any atom is -0.340 e. The lowest BCUT2D eigenvalue weighted by atomic mass is 10.0. The van der Waals surface area contributed by atoms with Gasteiger partial charge in [0, 0.05) is 23.6 Å². The van der Waals surface area contributed by atoms with Gasteiger partial charge in [0.05, 0.1) is 17.7 Å². The van der Waals surface area contributed by atoms with E-state index in [4.69, 9.17) is 10.5 Å². The largest absolute Gasteiger partial charge is 0.340 e. The molecule has 2 N–H and O–H groups in total. The van der Waals surface area contributed by atoms with Crippen molar-refractivity contribution >= 4 is 29.2 Å². The predicted molar refractivity (Wildman–Crippen MR) is 110 cm³/mol. The van der Waals surface area contributed by atoms with Gasteiger partial charge in [-0.1, -0.05) is 0 Å². The molecule has 0 bridgehead atoms. The number of hydrogen-bond donors (Lipinski definition) is 2. The first kappa shape index (κ1) is 18.6. The van der Waals surface area contributed by atoms with Gasteiger partial charge in [0.2, 0.25) is 5.95 Å². The van der Waals surface area contributed by atoms with Gasteiger partial charge in [0.25, 0.3) is 0 Å². The van der Waals surface area contributed by atoms with E-state index in [1.54, 1.807) is 30.5 Å². The van der Waals surface area contributed by atoms with E-state index >= 15 is 0 Å². The third-order valence-electron chi connectivity index (χ3n) is 4.08. The van der Waals surface area contributed by atoms with Gasteiger partial charge in [-0.25, -0.2) is 4.98 Å². The van der Waals surface area contributed by atoms with E-state index in [9.17, 15) is 0 Å². The minimum atomic E-state index is 0.457. The molecule has 0 amide bonds. The number of allylic oxidation sites excluding steroid dienone is 1. The van der Waals surface area contributed by atoms with Gasteiger partial charge in [-0.05, 0) is 79.1 Å². The van der Waals surface area contributed by atoms with Crippen molar-refractivity contribution in [1.29, 1.82) is 10.5 Å². The Morgan fingerprint density at radius 2 is 1.68 bits per heavy atom. The van der Waals surface area contributed by atoms with Crippen LogP contribution < -0.4 is 10.6 Å². The van der Waals surface area contributed by atoms with Crippen LogP contribution in [0.2, 0.25) is 0 Å². The number of aryl methyl sites for hydroxylation is 2. The standard InChI is InChI=1S/C22H18N6/c1-15-12-18(4-3-10-23)13-16(2)21(15)27-20-9-11-25-22(28-20)26-19-7-5-17(14-24)6-8-19/h3-9,11-13H,1-2H3,(H2,25,26,27,28)/b4-3-. The lowest BCUT2D eigenvalue weighted by Gasteiger charge is -2.14. The predicted octanol–water partition coefficient (Wildman–Crippen LogP) is 4.99. The van der Waals surface area contributed by atoms with E-state index in [0.717, 1.165) is 28.1 Å². The van der Waals surface area contributed by atoms with Gasteiger partial charge >= 0.3 is 0 Å². The number of hydrogen-bond acceptors (Lipinski definition) is 6. The molecule has 0 spiro atoms. The Hall–Kier alpha value is -4.16. The summed E-state index contributed by atoms with van der Waals surface area (Å²) in [6.45, 7) is 4.02. The van der Waals surface area contributed by atoms with Crippen molar-refractivity contribution in [2.24, 2.45) is 0 Å². The first-order chi connectivity index (χ1) is 13.6. The average Bonchev–Trinajstić information content (AvgIpc) is 2.70. The second kappa shape index (κ2) is 8.48. The first-order valence-corrected chi connectivity index (χ1v) is 8.63. The number of nitrogens with zero attached hydrogens (tertiary/aromatic N) is 4. The molecule has 0 saturated heterocycles. The molecule has 6 heteroatoms. The van der Waals surface area contributed by atoms with E-state index in [1.165, 1.54) is 6.08 Å². The second-order valence-electron chi connectivity index (χ2n) is 6.20. The van der Waals surface area contributed by atoms with Gasteiger partial charge in [-0.2, -0.15) is 15.5 Å². The Morgan fingerprint density at radius 3 is 2.32 bits per heavy atom. The van der Waals surface area contributed by atoms with E-state index in [0.29, 0.717) is 17.3 Å². The zero-order chi connectivity index (χ0) is 19.9. The fourth-order valence-electron chi connectivity index (χ4n) is 2.80. The van der Waals surface area contributed by atoms with Crippen LogP contribution in [-0.2, 0) is 0 Å². The average molecular weight is 366 g/mol. The molecule has 0 radical (unpaired) electrons. The number of anilines is 4. The van der Waals surface area contributed by atoms with Crippen LogP contribution in [0.5, 0.6) is 0 Å². The van der Waals surface area contributed by atoms with Crippen molar-refractivity contribution < 1.29 is 0 Å². The van der Waals surface area contributed by atoms with Crippen LogP contribution in [-0.4, -0.2) is 9.97 Å². The molecule has 2 aromatic carbocycles. The highest BCUT2D eigenvalue weighted by Gasteiger charge is 2.07. The van der Waals surface area contributed by atoms with Gasteiger partial charge in [0.1, 0.15) is 5.82 Å². The molecule has 0 atom stereocenters. The quantitative estimate of drug-likeness (QED) is 0.617. The smallest absolute Gasteiger partial charge is 0.229 e. The summed E-state index contributed by atoms with van der Waals surface area (Å²) in [6.07, 6.45) is 4.93. The maximum atomic E-state index is 8.88. The van der Waals surface area contributed by atoms with Crippen LogP contribution in [0, 0.1) is 36.5 Å². The third kappa shape index (κ3) is 4.51. The Kier molecular flexibility index (Phi) is 5.64. The molecule has 0 saturated carbocycles. The van der Waals surface area contributed by atoms with Crippen LogP contribution in [0.4, 0.5) is 23.1 Å². The van der Waals surface area contributed by atoms with Crippen LogP contribution in [0.15, 0.2) is 54.7 Å². The Balaban J connectivity index is 1.80. The van der Waals surface area contributed by atoms with Crippen LogP contribution in [0.1, 0.15) is 22.3 Å². The van der Waals surface area contributed by atoms with Crippen LogP contribution in [0.25, 0.3) is 6.08 Å². The summed E-state index contributed by atoms with van der Waals surface area (Å²) in [6, 6.07) is 17.0. The molecule has 1 aromatic heterocycles. The fourth-order valence-corrected chi connectivity index (χ4v) is 2.80. The summed E-state index contributed by atoms with van der Waals surface area (Å²) < 4.78 is 0. The lowest BCUT2D eigenvalue weighted by Crippen LogP contribution is -2.02. The molecule has 0 aliphatic rings. The van der Waals surface area contributed by atoms with Crippen molar-refractivity contribution in [1.82, 2.24) is 9.97 Å². The second-order valence-corrected chi connectivity index (χ2v) is 6.20. The van der Waals surface area contributed by atoms with Gasteiger partial charge in [0.15, 0.2) is 0 Å². The molecule has 0 aliphatic carbocycles. The summed E-state index contributed by atoms with van der Waals surface area (Å²) >= 11 is 0. The topological polar surface area (TPSA) is 97.4 Å². The van der Waals surface area contributed by atoms with Crippen LogP contribution in [0.3, 0.4) is 0 Å². The monoisotopic (exact) mass is 366 g/mol. The highest BCUT2D eigenvalue weighted by Crippen LogP contribution is 2.26. The number of benzene rings is 2. The third-order valence-corrected chi connectivity index (χ3v) is 4.08. The van der Waals surface area contributed by atoms with E-state index in [1.807, 2.05) is 44.2 Å². The molecule has 0 fully saturated rings. The van der Waals surface area contributed by atoms with E-state index in [-0.39, 0.29) is 0 Å². The SMILES string of the molecule is Cc1cc(/C=C\C#N)cc(C)c1Nc1ccnc(Nc2ccc(C#N)cc2)n1. The highest BCUT2D eigenvalue weighted by atomic mass is 15.1. The minimum absolute atomic E-state index is 0.457. The Labute approximate surface area is 163 Å². The zero-order valence-electron chi connectivity index (χ0n) is 15.6. The Morgan fingerprint density at radius 1 is 0.964 bits per heavy atom. The zero-order valence-corrected chi connectivity index (χ0v) is 15.6. The maximum Gasteiger partial charge on any atom is 0.229 e. The van der Waals surface area contributed by atoms with Crippen molar-refractivity contribution in [3.63, 3.8) is 0 Å². The maximum absolute atomic E-state index is 8.88. The number of rotatable bonds is 5. The van der Waals surface area contributed by atoms with Gasteiger partial charge in [-0.3, -0.25) is 0 Å². The van der Waals surface area contributed by atoms with Crippen molar-refractivity contribution in [2.45, 2.75) is 13.8 Å². The number of aromatic nitrogens is 2. The van der Waals surface area contributed by atoms with Gasteiger partial charge in [-0.15, -0.1) is 0 Å². The summed E-state index contributed by atoms with van der Waals surface area (Å²) in [5.41, 5.74) is 5.46. The highest BCUT2D eigenvalue weighted by molar-refractivity contribution is 5.69. The molecule has 28 heavy (non-hydrogen) atoms. The summed E-state index contributed by atoms with van der Waals surface area (Å²) in [7, 11) is 0. The van der Waals surface area contributed by atoms with E-state index in [2.05, 4.69) is 26.7 Å². The van der Waals surface area contributed by atoms with Crippen molar-refractivity contribution in [2.75, 3.05) is 10.6 Å². The Bertz CT molecular complexity index is 1080. The molecular weight excluding hydrogens is 348 g/mol. The number of nitrogens with one attached hydrogen (secondary N) is 2. The van der Waals surface area contributed by atoms with Crippen molar-refractivity contribution in [3.8, 4) is 12.1 Å². The van der Waals surface area contributed by atoms with Gasteiger partial charge < -0.3 is 10.6 Å². The molecule has 1 heterocycles. The summed E-state index contributed by atoms with van der Waals surface area (Å²) in [5, 5.41) is 24.0. The fraction of sp³-hybridized carbons (Fsp3) is 0.0909. The number of nitriles is 2.